The predicted molar refractivity (Wildman–Crippen MR) is 86.8 cm³/mol. The van der Waals surface area contributed by atoms with Gasteiger partial charge in [-0.25, -0.2) is 0 Å². The number of hydrogen-bond acceptors (Lipinski definition) is 3. The molecule has 110 valence electrons. The average molecular weight is 323 g/mol. The molecule has 0 aromatic heterocycles. The lowest BCUT2D eigenvalue weighted by atomic mass is 10.2. The minimum Gasteiger partial charge on any atom is -0.397 e. The summed E-state index contributed by atoms with van der Waals surface area (Å²) in [6.45, 7) is 1.59. The van der Waals surface area contributed by atoms with Crippen molar-refractivity contribution in [3.8, 4) is 0 Å². The number of hydrogen-bond donors (Lipinski definition) is 2. The molecule has 0 heterocycles. The highest BCUT2D eigenvalue weighted by Crippen LogP contribution is 2.23. The molecule has 6 heteroatoms. The van der Waals surface area contributed by atoms with E-state index in [1.807, 2.05) is 0 Å². The lowest BCUT2D eigenvalue weighted by Crippen LogP contribution is -2.29. The van der Waals surface area contributed by atoms with Crippen molar-refractivity contribution in [2.24, 2.45) is 0 Å². The zero-order valence-corrected chi connectivity index (χ0v) is 12.9. The van der Waals surface area contributed by atoms with E-state index >= 15 is 0 Å². The molecule has 0 radical (unpaired) electrons. The Kier molecular flexibility index (Phi) is 4.98. The van der Waals surface area contributed by atoms with Gasteiger partial charge < -0.3 is 11.1 Å². The Morgan fingerprint density at radius 1 is 1.19 bits per heavy atom. The largest absolute Gasteiger partial charge is 0.397 e. The number of halogens is 1. The summed E-state index contributed by atoms with van der Waals surface area (Å²) in [4.78, 5) is 12.6. The molecule has 3 N–H and O–H groups in total. The second-order valence-electron chi connectivity index (χ2n) is 4.45. The number of carbonyl (C=O) groups excluding carboxylic acids is 1. The van der Waals surface area contributed by atoms with Gasteiger partial charge >= 0.3 is 0 Å². The summed E-state index contributed by atoms with van der Waals surface area (Å²) in [6, 6.07) is 13.7. The molecule has 0 spiro atoms. The topological polar surface area (TPSA) is 72.2 Å². The number of amides is 1. The Morgan fingerprint density at radius 2 is 1.81 bits per heavy atom. The Labute approximate surface area is 130 Å². The zero-order valence-electron chi connectivity index (χ0n) is 11.4. The third kappa shape index (κ3) is 3.62. The van der Waals surface area contributed by atoms with E-state index in [4.69, 9.17) is 17.3 Å². The van der Waals surface area contributed by atoms with Crippen LogP contribution < -0.4 is 11.1 Å². The summed E-state index contributed by atoms with van der Waals surface area (Å²) in [7, 11) is -1.53. The quantitative estimate of drug-likeness (QED) is 0.850. The van der Waals surface area contributed by atoms with Crippen LogP contribution in [0.2, 0.25) is 5.02 Å². The van der Waals surface area contributed by atoms with E-state index in [2.05, 4.69) is 5.32 Å². The molecule has 21 heavy (non-hydrogen) atoms. The number of rotatable bonds is 4. The van der Waals surface area contributed by atoms with E-state index in [1.165, 1.54) is 0 Å². The van der Waals surface area contributed by atoms with Gasteiger partial charge in [-0.1, -0.05) is 35.9 Å². The molecule has 4 nitrogen and oxygen atoms in total. The van der Waals surface area contributed by atoms with Gasteiger partial charge in [0.2, 0.25) is 5.91 Å². The number of nitrogens with one attached hydrogen (secondary N) is 1. The summed E-state index contributed by atoms with van der Waals surface area (Å²) in [5, 5.41) is 2.32. The molecule has 0 saturated heterocycles. The summed E-state index contributed by atoms with van der Waals surface area (Å²) >= 11 is 6.01. The van der Waals surface area contributed by atoms with Gasteiger partial charge in [0.1, 0.15) is 5.25 Å². The molecule has 2 unspecified atom stereocenters. The normalized spacial score (nSPS) is 13.4. The van der Waals surface area contributed by atoms with E-state index in [0.717, 1.165) is 0 Å². The molecule has 2 aromatic rings. The van der Waals surface area contributed by atoms with Crippen LogP contribution in [0.15, 0.2) is 53.4 Å². The molecule has 0 saturated carbocycles. The molecule has 0 fully saturated rings. The number of para-hydroxylation sites is 2. The molecular formula is C15H15ClN2O2S. The van der Waals surface area contributed by atoms with Gasteiger partial charge in [0.05, 0.1) is 32.1 Å². The molecule has 0 bridgehead atoms. The van der Waals surface area contributed by atoms with Crippen molar-refractivity contribution < 1.29 is 9.00 Å². The Balaban J connectivity index is 2.15. The fourth-order valence-electron chi connectivity index (χ4n) is 1.74. The summed E-state index contributed by atoms with van der Waals surface area (Å²) in [5.74, 6) is -0.369. The second kappa shape index (κ2) is 6.74. The Bertz CT molecular complexity index is 691. The fourth-order valence-corrected chi connectivity index (χ4v) is 3.21. The number of carbonyl (C=O) groups is 1. The summed E-state index contributed by atoms with van der Waals surface area (Å²) in [6.07, 6.45) is 0. The molecule has 1 amide bonds. The third-order valence-electron chi connectivity index (χ3n) is 2.96. The maximum absolute atomic E-state index is 12.4. The SMILES string of the molecule is CC(C(=O)Nc1ccccc1N)S(=O)c1ccccc1Cl. The highest BCUT2D eigenvalue weighted by molar-refractivity contribution is 7.86. The first-order valence-corrected chi connectivity index (χ1v) is 7.90. The summed E-state index contributed by atoms with van der Waals surface area (Å²) in [5.41, 5.74) is 6.73. The molecule has 2 rings (SSSR count). The van der Waals surface area contributed by atoms with Crippen LogP contribution in [0.3, 0.4) is 0 Å². The first-order chi connectivity index (χ1) is 10.0. The average Bonchev–Trinajstić information content (AvgIpc) is 2.48. The van der Waals surface area contributed by atoms with Crippen molar-refractivity contribution >= 4 is 39.7 Å². The van der Waals surface area contributed by atoms with E-state index < -0.39 is 16.0 Å². The van der Waals surface area contributed by atoms with Crippen molar-refractivity contribution in [1.82, 2.24) is 0 Å². The molecular weight excluding hydrogens is 308 g/mol. The first kappa shape index (κ1) is 15.5. The highest BCUT2D eigenvalue weighted by Gasteiger charge is 2.23. The number of anilines is 2. The van der Waals surface area contributed by atoms with Crippen LogP contribution in [-0.4, -0.2) is 15.4 Å². The fraction of sp³-hybridized carbons (Fsp3) is 0.133. The van der Waals surface area contributed by atoms with Gasteiger partial charge in [0, 0.05) is 0 Å². The smallest absolute Gasteiger partial charge is 0.240 e. The first-order valence-electron chi connectivity index (χ1n) is 6.31. The van der Waals surface area contributed by atoms with E-state index in [0.29, 0.717) is 21.3 Å². The lowest BCUT2D eigenvalue weighted by molar-refractivity contribution is -0.115. The van der Waals surface area contributed by atoms with Crippen LogP contribution >= 0.6 is 11.6 Å². The van der Waals surface area contributed by atoms with Gasteiger partial charge in [-0.2, -0.15) is 0 Å². The predicted octanol–water partition coefficient (Wildman–Crippen LogP) is 3.06. The third-order valence-corrected chi connectivity index (χ3v) is 5.05. The minimum atomic E-state index is -1.53. The van der Waals surface area contributed by atoms with Crippen LogP contribution in [0.4, 0.5) is 11.4 Å². The van der Waals surface area contributed by atoms with E-state index in [1.54, 1.807) is 55.5 Å². The maximum atomic E-state index is 12.4. The zero-order chi connectivity index (χ0) is 15.4. The standard InChI is InChI=1S/C15H15ClN2O2S/c1-10(21(20)14-9-5-2-6-11(14)16)15(19)18-13-8-4-3-7-12(13)17/h2-10H,17H2,1H3,(H,18,19). The van der Waals surface area contributed by atoms with Gasteiger partial charge in [0.25, 0.3) is 0 Å². The second-order valence-corrected chi connectivity index (χ2v) is 6.60. The van der Waals surface area contributed by atoms with Crippen molar-refractivity contribution in [3.63, 3.8) is 0 Å². The molecule has 2 atom stereocenters. The molecule has 0 aliphatic rings. The van der Waals surface area contributed by atoms with E-state index in [-0.39, 0.29) is 5.91 Å². The molecule has 2 aromatic carbocycles. The van der Waals surface area contributed by atoms with Crippen LogP contribution in [0.25, 0.3) is 0 Å². The van der Waals surface area contributed by atoms with Crippen molar-refractivity contribution in [2.75, 3.05) is 11.1 Å². The van der Waals surface area contributed by atoms with Crippen LogP contribution in [-0.2, 0) is 15.6 Å². The van der Waals surface area contributed by atoms with Gasteiger partial charge in [-0.15, -0.1) is 0 Å². The number of benzene rings is 2. The summed E-state index contributed by atoms with van der Waals surface area (Å²) < 4.78 is 12.4. The van der Waals surface area contributed by atoms with Gasteiger partial charge in [0.15, 0.2) is 0 Å². The van der Waals surface area contributed by atoms with Crippen LogP contribution in [0.5, 0.6) is 0 Å². The minimum absolute atomic E-state index is 0.369. The van der Waals surface area contributed by atoms with Crippen molar-refractivity contribution in [3.05, 3.63) is 53.6 Å². The number of nitrogens with two attached hydrogens (primary N) is 1. The molecule has 0 aliphatic heterocycles. The Hall–Kier alpha value is -1.85. The van der Waals surface area contributed by atoms with Gasteiger partial charge in [-0.3, -0.25) is 9.00 Å². The van der Waals surface area contributed by atoms with Crippen molar-refractivity contribution in [1.29, 1.82) is 0 Å². The molecule has 0 aliphatic carbocycles. The van der Waals surface area contributed by atoms with Crippen LogP contribution in [0.1, 0.15) is 6.92 Å². The lowest BCUT2D eigenvalue weighted by Gasteiger charge is -2.14. The van der Waals surface area contributed by atoms with Gasteiger partial charge in [-0.05, 0) is 31.2 Å². The highest BCUT2D eigenvalue weighted by atomic mass is 35.5. The van der Waals surface area contributed by atoms with E-state index in [9.17, 15) is 9.00 Å². The maximum Gasteiger partial charge on any atom is 0.240 e. The monoisotopic (exact) mass is 322 g/mol. The number of nitrogen functional groups attached to an aromatic ring is 1. The Morgan fingerprint density at radius 3 is 2.48 bits per heavy atom. The van der Waals surface area contributed by atoms with Crippen LogP contribution in [0, 0.1) is 0 Å². The van der Waals surface area contributed by atoms with Crippen molar-refractivity contribution in [2.45, 2.75) is 17.1 Å².